The van der Waals surface area contributed by atoms with Gasteiger partial charge in [-0.3, -0.25) is 0 Å². The number of hydrogen-bond acceptors (Lipinski definition) is 3. The number of carbonyl (C=O) groups is 1. The normalized spacial score (nSPS) is 8.46. The van der Waals surface area contributed by atoms with Gasteiger partial charge in [0.2, 0.25) is 0 Å². The van der Waals surface area contributed by atoms with Gasteiger partial charge in [-0.2, -0.15) is 0 Å². The summed E-state index contributed by atoms with van der Waals surface area (Å²) in [5, 5.41) is 0. The monoisotopic (exact) mass is 231 g/mol. The second-order valence-electron chi connectivity index (χ2n) is 2.34. The van der Waals surface area contributed by atoms with E-state index in [2.05, 4.69) is 42.1 Å². The van der Waals surface area contributed by atoms with Gasteiger partial charge in [-0.25, -0.2) is 10.3 Å². The second kappa shape index (κ2) is 10.8. The first-order valence-corrected chi connectivity index (χ1v) is 4.71. The molecule has 0 amide bonds. The molecule has 0 bridgehead atoms. The molecule has 0 fully saturated rings. The van der Waals surface area contributed by atoms with Crippen molar-refractivity contribution in [2.24, 2.45) is 0 Å². The first-order chi connectivity index (χ1) is 5.66. The van der Waals surface area contributed by atoms with Crippen molar-refractivity contribution in [3.8, 4) is 0 Å². The van der Waals surface area contributed by atoms with E-state index >= 15 is 0 Å². The Hall–Kier alpha value is 0.710. The van der Waals surface area contributed by atoms with E-state index in [1.54, 1.807) is 0 Å². The summed E-state index contributed by atoms with van der Waals surface area (Å²) in [5.74, 6) is -0.292. The predicted molar refractivity (Wildman–Crippen MR) is 56.1 cm³/mol. The Kier molecular flexibility index (Phi) is 13.4. The molecule has 0 spiro atoms. The fourth-order valence-electron chi connectivity index (χ4n) is 0.671. The molecule has 1 N–H and O–H groups in total. The van der Waals surface area contributed by atoms with E-state index in [9.17, 15) is 4.79 Å². The molecule has 0 aromatic carbocycles. The summed E-state index contributed by atoms with van der Waals surface area (Å²) in [6.45, 7) is 2.08. The number of hydrogen-bond donors (Lipinski definition) is 2. The van der Waals surface area contributed by atoms with Gasteiger partial charge < -0.3 is 6.26 Å². The maximum Gasteiger partial charge on any atom is 1.00 e. The van der Waals surface area contributed by atoms with Crippen LogP contribution in [0.15, 0.2) is 0 Å². The van der Waals surface area contributed by atoms with Crippen molar-refractivity contribution < 1.29 is 40.6 Å². The van der Waals surface area contributed by atoms with Crippen molar-refractivity contribution in [1.29, 1.82) is 0 Å². The van der Waals surface area contributed by atoms with Crippen LogP contribution in [0.1, 0.15) is 34.0 Å². The van der Waals surface area contributed by atoms with E-state index < -0.39 is 0 Å². The first-order valence-electron chi connectivity index (χ1n) is 3.85. The average Bonchev–Trinajstić information content (AvgIpc) is 2.01. The summed E-state index contributed by atoms with van der Waals surface area (Å²) in [6, 6.07) is 0. The molecule has 0 radical (unpaired) electrons. The molecule has 0 aliphatic carbocycles. The molecule has 0 saturated heterocycles. The van der Waals surface area contributed by atoms with Gasteiger partial charge in [0.25, 0.3) is 0 Å². The number of hydroxylamine groups is 1. The Labute approximate surface area is 113 Å². The molecule has 0 aliphatic rings. The topological polar surface area (TPSA) is 38.3 Å². The minimum atomic E-state index is -0.292. The molecule has 6 heteroatoms. The smallest absolute Gasteiger partial charge is 1.00 e. The fourth-order valence-corrected chi connectivity index (χ4v) is 0.758. The van der Waals surface area contributed by atoms with Crippen molar-refractivity contribution in [3.05, 3.63) is 0 Å². The molecule has 0 unspecified atom stereocenters. The number of nitrogens with one attached hydrogen (secondary N) is 1. The molecular formula is C7H14NNaO2S2. The Morgan fingerprint density at radius 3 is 2.69 bits per heavy atom. The van der Waals surface area contributed by atoms with Crippen LogP contribution in [0.4, 0.5) is 0 Å². The molecule has 72 valence electrons. The van der Waals surface area contributed by atoms with Crippen LogP contribution in [0.3, 0.4) is 0 Å². The zero-order valence-electron chi connectivity index (χ0n) is 9.00. The van der Waals surface area contributed by atoms with Crippen molar-refractivity contribution >= 4 is 35.1 Å². The zero-order valence-corrected chi connectivity index (χ0v) is 11.7. The van der Waals surface area contributed by atoms with Crippen LogP contribution in [0.25, 0.3) is 0 Å². The molecule has 0 saturated carbocycles. The number of thiocarbonyl (C=S) groups is 1. The first kappa shape index (κ1) is 16.2. The van der Waals surface area contributed by atoms with Crippen LogP contribution in [0.2, 0.25) is 0 Å². The van der Waals surface area contributed by atoms with E-state index in [-0.39, 0.29) is 41.3 Å². The third kappa shape index (κ3) is 12.7. The van der Waals surface area contributed by atoms with Crippen LogP contribution >= 0.6 is 24.8 Å². The van der Waals surface area contributed by atoms with Crippen LogP contribution in [0.5, 0.6) is 0 Å². The molecule has 3 nitrogen and oxygen atoms in total. The predicted octanol–water partition coefficient (Wildman–Crippen LogP) is -1.05. The summed E-state index contributed by atoms with van der Waals surface area (Å²) in [7, 11) is 0. The number of carbonyl (C=O) groups excluding carboxylic acids is 1. The maximum atomic E-state index is 10.8. The van der Waals surface area contributed by atoms with Crippen molar-refractivity contribution in [1.82, 2.24) is 5.48 Å². The average molecular weight is 231 g/mol. The van der Waals surface area contributed by atoms with Crippen LogP contribution < -0.4 is 35.0 Å². The minimum absolute atomic E-state index is 0. The van der Waals surface area contributed by atoms with Gasteiger partial charge in [0.1, 0.15) is 0 Å². The van der Waals surface area contributed by atoms with Gasteiger partial charge in [0.05, 0.1) is 0 Å². The quantitative estimate of drug-likeness (QED) is 0.213. The number of rotatable bonds is 4. The summed E-state index contributed by atoms with van der Waals surface area (Å²) < 4.78 is 0.166. The Morgan fingerprint density at radius 2 is 2.23 bits per heavy atom. The fraction of sp³-hybridized carbons (Fsp3) is 0.714. The number of unbranched alkanes of at least 4 members (excludes halogenated alkanes) is 2. The summed E-state index contributed by atoms with van der Waals surface area (Å²) in [4.78, 5) is 15.4. The largest absolute Gasteiger partial charge is 1.00 e. The second-order valence-corrected chi connectivity index (χ2v) is 3.50. The van der Waals surface area contributed by atoms with Crippen LogP contribution in [0, 0.1) is 0 Å². The Bertz CT molecular complexity index is 172. The summed E-state index contributed by atoms with van der Waals surface area (Å²) in [6.07, 6.45) is 3.42. The van der Waals surface area contributed by atoms with Crippen molar-refractivity contribution in [2.75, 3.05) is 0 Å². The van der Waals surface area contributed by atoms with Gasteiger partial charge >= 0.3 is 35.5 Å². The molecule has 0 rings (SSSR count). The zero-order chi connectivity index (χ0) is 9.40. The van der Waals surface area contributed by atoms with E-state index in [1.807, 2.05) is 0 Å². The standard InChI is InChI=1S/C7H13NO2S2.Na.H/c1-2-3-4-5-6(9)10-8-7(11)12;;/h2-5H2,1H3,(H2,8,11,12);;/q;+1;-1. The third-order valence-corrected chi connectivity index (χ3v) is 1.41. The van der Waals surface area contributed by atoms with E-state index in [0.29, 0.717) is 6.42 Å². The Morgan fingerprint density at radius 1 is 1.62 bits per heavy atom. The SMILES string of the molecule is CCCCCC(=O)ONC(=S)S.[H-].[Na+]. The van der Waals surface area contributed by atoms with Gasteiger partial charge in [0.15, 0.2) is 4.32 Å². The van der Waals surface area contributed by atoms with E-state index in [4.69, 9.17) is 0 Å². The van der Waals surface area contributed by atoms with Gasteiger partial charge in [-0.1, -0.05) is 19.8 Å². The maximum absolute atomic E-state index is 10.8. The van der Waals surface area contributed by atoms with Crippen LogP contribution in [-0.4, -0.2) is 10.3 Å². The van der Waals surface area contributed by atoms with Crippen molar-refractivity contribution in [3.63, 3.8) is 0 Å². The summed E-state index contributed by atoms with van der Waals surface area (Å²) >= 11 is 8.25. The Balaban J connectivity index is -0.000000605. The molecule has 0 aliphatic heterocycles. The van der Waals surface area contributed by atoms with Gasteiger partial charge in [0, 0.05) is 6.42 Å². The van der Waals surface area contributed by atoms with E-state index in [1.165, 1.54) is 0 Å². The molecule has 0 aromatic rings. The summed E-state index contributed by atoms with van der Waals surface area (Å²) in [5.41, 5.74) is 2.22. The van der Waals surface area contributed by atoms with Crippen LogP contribution in [-0.2, 0) is 9.63 Å². The molecule has 0 atom stereocenters. The number of thiol groups is 1. The van der Waals surface area contributed by atoms with Gasteiger partial charge in [-0.05, 0) is 18.6 Å². The van der Waals surface area contributed by atoms with E-state index in [0.717, 1.165) is 19.3 Å². The van der Waals surface area contributed by atoms with Crippen molar-refractivity contribution in [2.45, 2.75) is 32.6 Å². The van der Waals surface area contributed by atoms with Gasteiger partial charge in [-0.15, -0.1) is 12.6 Å². The minimum Gasteiger partial charge on any atom is -1.00 e. The molecule has 0 aromatic heterocycles. The third-order valence-electron chi connectivity index (χ3n) is 1.24. The molecule has 0 heterocycles. The molecule has 13 heavy (non-hydrogen) atoms. The molecular weight excluding hydrogens is 217 g/mol.